The summed E-state index contributed by atoms with van der Waals surface area (Å²) < 4.78 is 0. The van der Waals surface area contributed by atoms with Crippen LogP contribution in [0.25, 0.3) is 10.9 Å². The second-order valence-electron chi connectivity index (χ2n) is 5.27. The lowest BCUT2D eigenvalue weighted by atomic mass is 10.1. The number of aryl methyl sites for hydroxylation is 1. The number of hydrogen-bond acceptors (Lipinski definition) is 1. The average Bonchev–Trinajstić information content (AvgIpc) is 2.89. The first-order valence-electron chi connectivity index (χ1n) is 7.14. The van der Waals surface area contributed by atoms with E-state index in [2.05, 4.69) is 72.0 Å². The lowest BCUT2D eigenvalue weighted by Crippen LogP contribution is -2.16. The van der Waals surface area contributed by atoms with Crippen LogP contribution < -0.4 is 5.32 Å². The fourth-order valence-electron chi connectivity index (χ4n) is 2.50. The van der Waals surface area contributed by atoms with Gasteiger partial charge in [-0.1, -0.05) is 48.0 Å². The number of rotatable bonds is 5. The molecule has 0 aliphatic carbocycles. The van der Waals surface area contributed by atoms with Crippen LogP contribution >= 0.6 is 12.4 Å². The zero-order valence-corrected chi connectivity index (χ0v) is 13.0. The van der Waals surface area contributed by atoms with E-state index in [0.717, 1.165) is 19.5 Å². The molecule has 110 valence electrons. The summed E-state index contributed by atoms with van der Waals surface area (Å²) >= 11 is 0. The highest BCUT2D eigenvalue weighted by Crippen LogP contribution is 2.17. The average molecular weight is 301 g/mol. The monoisotopic (exact) mass is 300 g/mol. The molecule has 0 bridgehead atoms. The van der Waals surface area contributed by atoms with Gasteiger partial charge in [-0.15, -0.1) is 12.4 Å². The van der Waals surface area contributed by atoms with Crippen molar-refractivity contribution in [1.29, 1.82) is 0 Å². The quantitative estimate of drug-likeness (QED) is 0.678. The van der Waals surface area contributed by atoms with E-state index in [-0.39, 0.29) is 12.4 Å². The van der Waals surface area contributed by atoms with Gasteiger partial charge in [0.2, 0.25) is 0 Å². The molecular formula is C18H21ClN2. The van der Waals surface area contributed by atoms with E-state index in [1.54, 1.807) is 0 Å². The van der Waals surface area contributed by atoms with Crippen LogP contribution in [0.3, 0.4) is 0 Å². The molecule has 0 aliphatic rings. The first-order valence-corrected chi connectivity index (χ1v) is 7.14. The van der Waals surface area contributed by atoms with Gasteiger partial charge in [-0.2, -0.15) is 0 Å². The van der Waals surface area contributed by atoms with E-state index < -0.39 is 0 Å². The van der Waals surface area contributed by atoms with Crippen molar-refractivity contribution in [3.05, 3.63) is 71.4 Å². The molecule has 0 aliphatic heterocycles. The van der Waals surface area contributed by atoms with Gasteiger partial charge in [0.25, 0.3) is 0 Å². The summed E-state index contributed by atoms with van der Waals surface area (Å²) in [4.78, 5) is 3.33. The molecule has 0 fully saturated rings. The van der Waals surface area contributed by atoms with Crippen molar-refractivity contribution in [3.63, 3.8) is 0 Å². The fraction of sp³-hybridized carbons (Fsp3) is 0.222. The molecule has 21 heavy (non-hydrogen) atoms. The molecule has 3 rings (SSSR count). The molecule has 0 amide bonds. The minimum atomic E-state index is 0. The smallest absolute Gasteiger partial charge is 0.0456 e. The van der Waals surface area contributed by atoms with Gasteiger partial charge in [0.05, 0.1) is 0 Å². The predicted molar refractivity (Wildman–Crippen MR) is 92.1 cm³/mol. The number of aromatic nitrogens is 1. The minimum Gasteiger partial charge on any atom is -0.361 e. The normalized spacial score (nSPS) is 10.5. The Morgan fingerprint density at radius 2 is 1.76 bits per heavy atom. The molecule has 3 heteroatoms. The van der Waals surface area contributed by atoms with E-state index >= 15 is 0 Å². The highest BCUT2D eigenvalue weighted by molar-refractivity contribution is 5.85. The number of para-hydroxylation sites is 1. The number of halogens is 1. The van der Waals surface area contributed by atoms with Crippen LogP contribution in [0.15, 0.2) is 54.7 Å². The summed E-state index contributed by atoms with van der Waals surface area (Å²) in [5.41, 5.74) is 5.26. The first-order chi connectivity index (χ1) is 9.83. The minimum absolute atomic E-state index is 0. The maximum atomic E-state index is 3.51. The molecular weight excluding hydrogens is 280 g/mol. The molecule has 0 radical (unpaired) electrons. The third-order valence-electron chi connectivity index (χ3n) is 3.70. The van der Waals surface area contributed by atoms with Crippen LogP contribution in [0.4, 0.5) is 0 Å². The van der Waals surface area contributed by atoms with Crippen molar-refractivity contribution in [2.24, 2.45) is 0 Å². The highest BCUT2D eigenvalue weighted by Gasteiger charge is 2.02. The Balaban J connectivity index is 0.00000161. The molecule has 0 spiro atoms. The first kappa shape index (κ1) is 15.6. The van der Waals surface area contributed by atoms with Gasteiger partial charge in [-0.05, 0) is 37.1 Å². The second-order valence-corrected chi connectivity index (χ2v) is 5.27. The van der Waals surface area contributed by atoms with Crippen LogP contribution in [0.5, 0.6) is 0 Å². The topological polar surface area (TPSA) is 27.8 Å². The predicted octanol–water partition coefficient (Wildman–Crippen LogP) is 4.23. The number of H-pyrrole nitrogens is 1. The zero-order valence-electron chi connectivity index (χ0n) is 12.2. The third kappa shape index (κ3) is 3.87. The number of nitrogens with one attached hydrogen (secondary N) is 2. The lowest BCUT2D eigenvalue weighted by molar-refractivity contribution is 0.688. The Morgan fingerprint density at radius 3 is 2.57 bits per heavy atom. The lowest BCUT2D eigenvalue weighted by Gasteiger charge is -2.05. The number of benzene rings is 2. The van der Waals surface area contributed by atoms with Crippen LogP contribution in [0.2, 0.25) is 0 Å². The molecule has 3 aromatic rings. The fourth-order valence-corrected chi connectivity index (χ4v) is 2.50. The van der Waals surface area contributed by atoms with Gasteiger partial charge in [0.15, 0.2) is 0 Å². The molecule has 2 aromatic carbocycles. The van der Waals surface area contributed by atoms with Crippen molar-refractivity contribution in [1.82, 2.24) is 10.3 Å². The van der Waals surface area contributed by atoms with Crippen molar-refractivity contribution in [2.45, 2.75) is 19.9 Å². The van der Waals surface area contributed by atoms with E-state index in [0.29, 0.717) is 0 Å². The summed E-state index contributed by atoms with van der Waals surface area (Å²) in [5, 5.41) is 4.85. The van der Waals surface area contributed by atoms with E-state index in [1.807, 2.05) is 0 Å². The number of fused-ring (bicyclic) bond motifs is 1. The maximum Gasteiger partial charge on any atom is 0.0456 e. The largest absolute Gasteiger partial charge is 0.361 e. The van der Waals surface area contributed by atoms with Crippen molar-refractivity contribution < 1.29 is 0 Å². The Bertz CT molecular complexity index is 686. The Hall–Kier alpha value is -1.77. The van der Waals surface area contributed by atoms with E-state index in [9.17, 15) is 0 Å². The molecule has 0 unspecified atom stereocenters. The van der Waals surface area contributed by atoms with Crippen molar-refractivity contribution >= 4 is 23.3 Å². The Morgan fingerprint density at radius 1 is 1.00 bits per heavy atom. The van der Waals surface area contributed by atoms with Gasteiger partial charge in [-0.3, -0.25) is 0 Å². The third-order valence-corrected chi connectivity index (χ3v) is 3.70. The van der Waals surface area contributed by atoms with E-state index in [1.165, 1.54) is 27.6 Å². The summed E-state index contributed by atoms with van der Waals surface area (Å²) in [5.74, 6) is 0. The molecule has 0 saturated heterocycles. The second kappa shape index (κ2) is 7.30. The maximum absolute atomic E-state index is 3.51. The standard InChI is InChI=1S/C18H20N2.ClH/c1-14-6-8-15(9-7-14)12-19-11-10-16-13-20-18-5-3-2-4-17(16)18;/h2-9,13,19-20H,10-12H2,1H3;1H. The Kier molecular flexibility index (Phi) is 5.43. The van der Waals surface area contributed by atoms with Gasteiger partial charge >= 0.3 is 0 Å². The van der Waals surface area contributed by atoms with Gasteiger partial charge in [0, 0.05) is 23.6 Å². The SMILES string of the molecule is Cc1ccc(CNCCc2c[nH]c3ccccc23)cc1.Cl. The van der Waals surface area contributed by atoms with Gasteiger partial charge in [-0.25, -0.2) is 0 Å². The molecule has 2 N–H and O–H groups in total. The van der Waals surface area contributed by atoms with Crippen LogP contribution in [0.1, 0.15) is 16.7 Å². The summed E-state index contributed by atoms with van der Waals surface area (Å²) in [6.07, 6.45) is 3.17. The van der Waals surface area contributed by atoms with Crippen LogP contribution in [-0.4, -0.2) is 11.5 Å². The molecule has 1 heterocycles. The van der Waals surface area contributed by atoms with Crippen LogP contribution in [-0.2, 0) is 13.0 Å². The summed E-state index contributed by atoms with van der Waals surface area (Å²) in [6.45, 7) is 4.05. The van der Waals surface area contributed by atoms with Crippen LogP contribution in [0, 0.1) is 6.92 Å². The van der Waals surface area contributed by atoms with Gasteiger partial charge in [0.1, 0.15) is 0 Å². The summed E-state index contributed by atoms with van der Waals surface area (Å²) in [7, 11) is 0. The van der Waals surface area contributed by atoms with E-state index in [4.69, 9.17) is 0 Å². The van der Waals surface area contributed by atoms with Gasteiger partial charge < -0.3 is 10.3 Å². The molecule has 0 atom stereocenters. The summed E-state index contributed by atoms with van der Waals surface area (Å²) in [6, 6.07) is 17.2. The number of hydrogen-bond donors (Lipinski definition) is 2. The zero-order chi connectivity index (χ0) is 13.8. The molecule has 2 nitrogen and oxygen atoms in total. The van der Waals surface area contributed by atoms with Crippen molar-refractivity contribution in [2.75, 3.05) is 6.54 Å². The molecule has 0 saturated carbocycles. The van der Waals surface area contributed by atoms with Crippen molar-refractivity contribution in [3.8, 4) is 0 Å². The highest BCUT2D eigenvalue weighted by atomic mass is 35.5. The number of aromatic amines is 1. The Labute approximate surface area is 132 Å². The molecule has 1 aromatic heterocycles.